The third kappa shape index (κ3) is 4.82. The third-order valence-electron chi connectivity index (χ3n) is 5.63. The molecule has 0 spiro atoms. The molecule has 2 rings (SSSR count). The largest absolute Gasteiger partial charge is 0.317 e. The highest BCUT2D eigenvalue weighted by Gasteiger charge is 2.39. The van der Waals surface area contributed by atoms with Gasteiger partial charge in [-0.1, -0.05) is 57.0 Å². The van der Waals surface area contributed by atoms with Gasteiger partial charge in [0.25, 0.3) is 0 Å². The Balaban J connectivity index is 2.02. The van der Waals surface area contributed by atoms with E-state index >= 15 is 0 Å². The summed E-state index contributed by atoms with van der Waals surface area (Å²) < 4.78 is 2.62. The Labute approximate surface area is 137 Å². The Morgan fingerprint density at radius 1 is 0.818 bits per heavy atom. The quantitative estimate of drug-likeness (QED) is 0.635. The van der Waals surface area contributed by atoms with E-state index in [1.807, 2.05) is 0 Å². The highest BCUT2D eigenvalue weighted by atomic mass is 15.5. The van der Waals surface area contributed by atoms with E-state index < -0.39 is 0 Å². The molecule has 124 valence electrons. The van der Waals surface area contributed by atoms with Crippen LogP contribution in [0.5, 0.6) is 0 Å². The van der Waals surface area contributed by atoms with Crippen molar-refractivity contribution in [3.63, 3.8) is 0 Å². The molecule has 0 N–H and O–H groups in total. The predicted octanol–water partition coefficient (Wildman–Crippen LogP) is 4.06. The summed E-state index contributed by atoms with van der Waals surface area (Å²) in [5.41, 5.74) is 1.52. The molecule has 1 aliphatic heterocycles. The predicted molar refractivity (Wildman–Crippen MR) is 95.6 cm³/mol. The number of quaternary nitrogens is 2. The second-order valence-corrected chi connectivity index (χ2v) is 7.65. The van der Waals surface area contributed by atoms with Gasteiger partial charge < -0.3 is 8.97 Å². The lowest BCUT2D eigenvalue weighted by Gasteiger charge is -2.48. The number of nitrogens with zero attached hydrogens (tertiary/aromatic N) is 2. The van der Waals surface area contributed by atoms with Crippen LogP contribution < -0.4 is 0 Å². The minimum Gasteiger partial charge on any atom is -0.317 e. The van der Waals surface area contributed by atoms with Gasteiger partial charge in [-0.25, -0.2) is 0 Å². The summed E-state index contributed by atoms with van der Waals surface area (Å²) in [6, 6.07) is 11.1. The van der Waals surface area contributed by atoms with Crippen LogP contribution in [0, 0.1) is 0 Å². The number of rotatable bonds is 8. The fourth-order valence-electron chi connectivity index (χ4n) is 3.82. The molecule has 1 aliphatic rings. The summed E-state index contributed by atoms with van der Waals surface area (Å²) in [7, 11) is 2.48. The van der Waals surface area contributed by atoms with Crippen LogP contribution in [0.15, 0.2) is 30.3 Å². The second-order valence-electron chi connectivity index (χ2n) is 7.65. The number of hydrogen-bond acceptors (Lipinski definition) is 0. The normalized spacial score (nSPS) is 28.7. The van der Waals surface area contributed by atoms with Crippen LogP contribution in [0.1, 0.15) is 45.1 Å². The summed E-state index contributed by atoms with van der Waals surface area (Å²) in [4.78, 5) is 0. The number of likely N-dealkylation sites (N-methyl/N-ethyl adjacent to an activating group) is 1. The van der Waals surface area contributed by atoms with E-state index in [2.05, 4.69) is 51.2 Å². The van der Waals surface area contributed by atoms with Crippen LogP contribution in [0.3, 0.4) is 0 Å². The van der Waals surface area contributed by atoms with E-state index in [1.54, 1.807) is 0 Å². The first-order valence-corrected chi connectivity index (χ1v) is 9.34. The smallest absolute Gasteiger partial charge is 0.129 e. The van der Waals surface area contributed by atoms with Crippen molar-refractivity contribution >= 4 is 0 Å². The monoisotopic (exact) mass is 304 g/mol. The Morgan fingerprint density at radius 3 is 2.00 bits per heavy atom. The first kappa shape index (κ1) is 17.5. The highest BCUT2D eigenvalue weighted by molar-refractivity contribution is 5.13. The zero-order valence-electron chi connectivity index (χ0n) is 15.1. The molecule has 1 fully saturated rings. The van der Waals surface area contributed by atoms with Crippen molar-refractivity contribution in [2.24, 2.45) is 0 Å². The lowest BCUT2D eigenvalue weighted by Crippen LogP contribution is -2.65. The molecule has 22 heavy (non-hydrogen) atoms. The molecule has 1 aromatic rings. The molecular weight excluding hydrogens is 268 g/mol. The molecule has 0 aromatic heterocycles. The zero-order chi connectivity index (χ0) is 15.9. The number of benzene rings is 1. The number of piperazine rings is 1. The van der Waals surface area contributed by atoms with Gasteiger partial charge in [0.2, 0.25) is 0 Å². The fraction of sp³-hybridized carbons (Fsp3) is 0.700. The lowest BCUT2D eigenvalue weighted by molar-refractivity contribution is -1.03. The second kappa shape index (κ2) is 8.12. The molecule has 1 aromatic carbocycles. The van der Waals surface area contributed by atoms with E-state index in [0.717, 1.165) is 0 Å². The maximum absolute atomic E-state index is 2.48. The molecule has 1 saturated heterocycles. The van der Waals surface area contributed by atoms with E-state index in [9.17, 15) is 0 Å². The average molecular weight is 305 g/mol. The van der Waals surface area contributed by atoms with Crippen molar-refractivity contribution in [3.8, 4) is 0 Å². The van der Waals surface area contributed by atoms with E-state index in [4.69, 9.17) is 0 Å². The molecule has 1 heterocycles. The Kier molecular flexibility index (Phi) is 6.46. The van der Waals surface area contributed by atoms with Gasteiger partial charge in [-0.2, -0.15) is 0 Å². The molecule has 0 radical (unpaired) electrons. The minimum atomic E-state index is 1.23. The van der Waals surface area contributed by atoms with Crippen molar-refractivity contribution in [1.82, 2.24) is 0 Å². The van der Waals surface area contributed by atoms with E-state index in [0.29, 0.717) is 0 Å². The molecule has 0 atom stereocenters. The van der Waals surface area contributed by atoms with E-state index in [1.165, 1.54) is 86.0 Å². The first-order valence-electron chi connectivity index (χ1n) is 9.34. The molecule has 2 nitrogen and oxygen atoms in total. The summed E-state index contributed by atoms with van der Waals surface area (Å²) in [5.74, 6) is 0. The fourth-order valence-corrected chi connectivity index (χ4v) is 3.82. The van der Waals surface area contributed by atoms with Gasteiger partial charge in [0.05, 0.1) is 20.1 Å². The van der Waals surface area contributed by atoms with Crippen LogP contribution in [-0.2, 0) is 6.54 Å². The Hall–Kier alpha value is -0.860. The molecule has 0 amide bonds. The molecule has 0 unspecified atom stereocenters. The number of unbranched alkanes of at least 4 members (excludes halogenated alkanes) is 2. The van der Waals surface area contributed by atoms with Crippen LogP contribution in [0.2, 0.25) is 0 Å². The summed E-state index contributed by atoms with van der Waals surface area (Å²) >= 11 is 0. The van der Waals surface area contributed by atoms with Crippen molar-refractivity contribution < 1.29 is 8.97 Å². The van der Waals surface area contributed by atoms with Gasteiger partial charge in [0.1, 0.15) is 32.7 Å². The van der Waals surface area contributed by atoms with Gasteiger partial charge in [0, 0.05) is 5.56 Å². The molecule has 0 saturated carbocycles. The van der Waals surface area contributed by atoms with Gasteiger partial charge in [-0.3, -0.25) is 0 Å². The van der Waals surface area contributed by atoms with Crippen LogP contribution >= 0.6 is 0 Å². The van der Waals surface area contributed by atoms with Crippen molar-refractivity contribution in [1.29, 1.82) is 0 Å². The van der Waals surface area contributed by atoms with Crippen LogP contribution in [0.4, 0.5) is 0 Å². The summed E-state index contributed by atoms with van der Waals surface area (Å²) in [6.07, 6.45) is 5.39. The molecular formula is C20H36N2+2. The van der Waals surface area contributed by atoms with Gasteiger partial charge in [0.15, 0.2) is 0 Å². The lowest BCUT2D eigenvalue weighted by atomic mass is 10.1. The maximum atomic E-state index is 2.48. The molecule has 0 aliphatic carbocycles. The van der Waals surface area contributed by atoms with E-state index in [-0.39, 0.29) is 0 Å². The number of hydrogen-bond donors (Lipinski definition) is 0. The zero-order valence-corrected chi connectivity index (χ0v) is 15.1. The van der Waals surface area contributed by atoms with Crippen molar-refractivity contribution in [2.75, 3.05) is 46.3 Å². The molecule has 0 bridgehead atoms. The van der Waals surface area contributed by atoms with Crippen molar-refractivity contribution in [2.45, 2.75) is 46.1 Å². The summed E-state index contributed by atoms with van der Waals surface area (Å²) in [5, 5.41) is 0. The minimum absolute atomic E-state index is 1.23. The van der Waals surface area contributed by atoms with Crippen molar-refractivity contribution in [3.05, 3.63) is 35.9 Å². The van der Waals surface area contributed by atoms with Gasteiger partial charge >= 0.3 is 0 Å². The summed E-state index contributed by atoms with van der Waals surface area (Å²) in [6.45, 7) is 14.0. The first-order chi connectivity index (χ1) is 10.6. The third-order valence-corrected chi connectivity index (χ3v) is 5.63. The Bertz CT molecular complexity index is 419. The maximum Gasteiger partial charge on any atom is 0.129 e. The topological polar surface area (TPSA) is 0 Å². The Morgan fingerprint density at radius 2 is 1.41 bits per heavy atom. The average Bonchev–Trinajstić information content (AvgIpc) is 2.55. The SMILES string of the molecule is CCCC[N+]1(C)CC[N+](CCCC)(Cc2ccccc2)CC1. The van der Waals surface area contributed by atoms with Gasteiger partial charge in [-0.15, -0.1) is 0 Å². The standard InChI is InChI=1S/C20H36N2/c1-4-6-13-21(3)15-17-22(18-16-21,14-7-5-2)19-20-11-9-8-10-12-20/h8-12H,4-7,13-19H2,1-3H3/q+2. The highest BCUT2D eigenvalue weighted by Crippen LogP contribution is 2.23. The van der Waals surface area contributed by atoms with Crippen LogP contribution in [0.25, 0.3) is 0 Å². The van der Waals surface area contributed by atoms with Gasteiger partial charge in [-0.05, 0) is 12.8 Å². The molecule has 2 heteroatoms. The van der Waals surface area contributed by atoms with Crippen LogP contribution in [-0.4, -0.2) is 55.3 Å².